The zero-order valence-electron chi connectivity index (χ0n) is 16.7. The van der Waals surface area contributed by atoms with Crippen molar-refractivity contribution in [2.45, 2.75) is 51.9 Å². The molecule has 1 aromatic carbocycles. The van der Waals surface area contributed by atoms with Crippen molar-refractivity contribution in [1.82, 2.24) is 10.2 Å². The van der Waals surface area contributed by atoms with Crippen LogP contribution < -0.4 is 10.1 Å². The van der Waals surface area contributed by atoms with Crippen LogP contribution in [-0.2, 0) is 21.7 Å². The van der Waals surface area contributed by atoms with Crippen molar-refractivity contribution in [3.8, 4) is 5.75 Å². The number of carbonyl (C=O) groups is 1. The molecule has 9 heteroatoms. The number of nitrogens with zero attached hydrogens (tertiary/aromatic N) is 2. The van der Waals surface area contributed by atoms with Gasteiger partial charge in [0.2, 0.25) is 5.91 Å². The van der Waals surface area contributed by atoms with Crippen LogP contribution >= 0.6 is 12.2 Å². The van der Waals surface area contributed by atoms with Crippen molar-refractivity contribution < 1.29 is 17.9 Å². The molecule has 0 atom stereocenters. The van der Waals surface area contributed by atoms with E-state index in [1.54, 1.807) is 24.1 Å². The zero-order chi connectivity index (χ0) is 20.9. The maximum atomic E-state index is 12.8. The van der Waals surface area contributed by atoms with Gasteiger partial charge in [0.05, 0.1) is 13.5 Å². The summed E-state index contributed by atoms with van der Waals surface area (Å²) in [7, 11) is 0.517. The minimum absolute atomic E-state index is 0.0929. The molecule has 28 heavy (non-hydrogen) atoms. The summed E-state index contributed by atoms with van der Waals surface area (Å²) in [5.41, 5.74) is 0.807. The first-order valence-electron chi connectivity index (χ1n) is 9.43. The van der Waals surface area contributed by atoms with Gasteiger partial charge in [0.25, 0.3) is 0 Å². The fourth-order valence-electron chi connectivity index (χ4n) is 2.79. The normalized spacial score (nSPS) is 10.2. The smallest absolute Gasteiger partial charge is 0.316 e. The summed E-state index contributed by atoms with van der Waals surface area (Å²) in [5, 5.41) is 3.25. The molecular formula is C19H29N3O4S2. The van der Waals surface area contributed by atoms with E-state index >= 15 is 0 Å². The number of carbonyl (C=O) groups excluding carboxylic acids is 1. The minimum atomic E-state index is -2.61. The third kappa shape index (κ3) is 8.35. The van der Waals surface area contributed by atoms with E-state index in [1.807, 2.05) is 0 Å². The molecule has 0 aliphatic heterocycles. The second-order valence-electron chi connectivity index (χ2n) is 6.36. The van der Waals surface area contributed by atoms with Crippen LogP contribution in [0, 0.1) is 0 Å². The molecule has 0 heterocycles. The summed E-state index contributed by atoms with van der Waals surface area (Å²) in [6.07, 6.45) is 6.82. The second-order valence-corrected chi connectivity index (χ2v) is 7.36. The average molecular weight is 428 g/mol. The lowest BCUT2D eigenvalue weighted by Gasteiger charge is -2.23. The molecule has 1 amide bonds. The van der Waals surface area contributed by atoms with Crippen molar-refractivity contribution in [2.75, 3.05) is 20.7 Å². The van der Waals surface area contributed by atoms with Crippen LogP contribution in [0.3, 0.4) is 0 Å². The first-order chi connectivity index (χ1) is 13.4. The summed E-state index contributed by atoms with van der Waals surface area (Å²) in [5.74, 6) is 0.183. The van der Waals surface area contributed by atoms with Crippen molar-refractivity contribution in [1.29, 1.82) is 0 Å². The van der Waals surface area contributed by atoms with Gasteiger partial charge in [-0.15, -0.1) is 4.36 Å². The molecule has 0 saturated heterocycles. The third-order valence-electron chi connectivity index (χ3n) is 4.27. The Morgan fingerprint density at radius 1 is 1.21 bits per heavy atom. The first kappa shape index (κ1) is 24.0. The van der Waals surface area contributed by atoms with Gasteiger partial charge in [0, 0.05) is 13.6 Å². The Kier molecular flexibility index (Phi) is 11.4. The van der Waals surface area contributed by atoms with Gasteiger partial charge in [-0.05, 0) is 36.3 Å². The Morgan fingerprint density at radius 2 is 1.89 bits per heavy atom. The molecule has 0 fully saturated rings. The van der Waals surface area contributed by atoms with Gasteiger partial charge in [0.15, 0.2) is 5.11 Å². The van der Waals surface area contributed by atoms with E-state index in [4.69, 9.17) is 17.0 Å². The fourth-order valence-corrected chi connectivity index (χ4v) is 3.29. The van der Waals surface area contributed by atoms with E-state index in [1.165, 1.54) is 32.4 Å². The molecule has 1 N–H and O–H groups in total. The van der Waals surface area contributed by atoms with Crippen LogP contribution in [0.2, 0.25) is 0 Å². The molecular weight excluding hydrogens is 398 g/mol. The number of methoxy groups -OCH3 is 1. The molecule has 156 valence electrons. The van der Waals surface area contributed by atoms with Gasteiger partial charge in [-0.3, -0.25) is 9.69 Å². The first-order valence-corrected chi connectivity index (χ1v) is 10.9. The van der Waals surface area contributed by atoms with Gasteiger partial charge >= 0.3 is 10.5 Å². The van der Waals surface area contributed by atoms with Crippen molar-refractivity contribution in [3.05, 3.63) is 23.8 Å². The van der Waals surface area contributed by atoms with Gasteiger partial charge in [0.1, 0.15) is 11.4 Å². The topological polar surface area (TPSA) is 88.1 Å². The van der Waals surface area contributed by atoms with E-state index in [2.05, 4.69) is 16.6 Å². The predicted octanol–water partition coefficient (Wildman–Crippen LogP) is 3.63. The highest BCUT2D eigenvalue weighted by Crippen LogP contribution is 2.28. The van der Waals surface area contributed by atoms with Crippen LogP contribution in [0.15, 0.2) is 22.6 Å². The highest BCUT2D eigenvalue weighted by molar-refractivity contribution is 7.80. The Balaban J connectivity index is 2.81. The molecule has 0 aliphatic rings. The summed E-state index contributed by atoms with van der Waals surface area (Å²) < 4.78 is 30.4. The summed E-state index contributed by atoms with van der Waals surface area (Å²) in [6, 6.07) is 4.86. The van der Waals surface area contributed by atoms with Gasteiger partial charge in [-0.25, -0.2) is 0 Å². The molecule has 0 unspecified atom stereocenters. The summed E-state index contributed by atoms with van der Waals surface area (Å²) in [6.45, 7) is 2.74. The lowest BCUT2D eigenvalue weighted by Crippen LogP contribution is -2.43. The number of unbranched alkanes of at least 4 members (excludes halogenated alkanes) is 5. The maximum Gasteiger partial charge on any atom is 0.316 e. The van der Waals surface area contributed by atoms with Crippen molar-refractivity contribution in [2.24, 2.45) is 4.36 Å². The van der Waals surface area contributed by atoms with E-state index in [0.29, 0.717) is 23.0 Å². The molecule has 1 aromatic rings. The monoisotopic (exact) mass is 427 g/mol. The second kappa shape index (κ2) is 13.2. The molecule has 7 nitrogen and oxygen atoms in total. The van der Waals surface area contributed by atoms with Crippen LogP contribution in [0.25, 0.3) is 0 Å². The molecule has 0 bridgehead atoms. The molecule has 0 spiro atoms. The number of benzene rings is 1. The Hall–Kier alpha value is -2.00. The van der Waals surface area contributed by atoms with E-state index in [-0.39, 0.29) is 18.0 Å². The van der Waals surface area contributed by atoms with Gasteiger partial charge < -0.3 is 10.1 Å². The molecule has 0 saturated carbocycles. The molecule has 0 aromatic heterocycles. The van der Waals surface area contributed by atoms with Crippen molar-refractivity contribution >= 4 is 39.4 Å². The lowest BCUT2D eigenvalue weighted by molar-refractivity contribution is -0.126. The van der Waals surface area contributed by atoms with Gasteiger partial charge in [-0.1, -0.05) is 45.1 Å². The number of hydrogen-bond donors (Lipinski definition) is 1. The quantitative estimate of drug-likeness (QED) is 0.429. The standard InChI is InChI=1S/C19H29N3O4S2/c1-4-5-6-7-8-9-12-22(19(27)20-2)18(23)14-15-10-11-17(26-3)16(13-15)21-28(24)25/h10-11,13H,4-9,12,14H2,1-3H3,(H,20,27). The van der Waals surface area contributed by atoms with Crippen LogP contribution in [-0.4, -0.2) is 45.0 Å². The van der Waals surface area contributed by atoms with Gasteiger partial charge in [-0.2, -0.15) is 8.42 Å². The highest BCUT2D eigenvalue weighted by Gasteiger charge is 2.18. The number of nitrogens with one attached hydrogen (secondary N) is 1. The third-order valence-corrected chi connectivity index (χ3v) is 5.04. The minimum Gasteiger partial charge on any atom is -0.494 e. The number of amides is 1. The average Bonchev–Trinajstić information content (AvgIpc) is 2.66. The van der Waals surface area contributed by atoms with Crippen LogP contribution in [0.5, 0.6) is 5.75 Å². The Bertz CT molecular complexity index is 786. The number of thiocarbonyl (C=S) groups is 1. The summed E-state index contributed by atoms with van der Waals surface area (Å²) >= 11 is 5.29. The largest absolute Gasteiger partial charge is 0.494 e. The fraction of sp³-hybridized carbons (Fsp3) is 0.579. The number of rotatable bonds is 11. The number of hydrogen-bond acceptors (Lipinski definition) is 6. The Labute approximate surface area is 174 Å². The van der Waals surface area contributed by atoms with E-state index in [0.717, 1.165) is 19.3 Å². The number of ether oxygens (including phenoxy) is 1. The van der Waals surface area contributed by atoms with E-state index in [9.17, 15) is 13.2 Å². The SMILES string of the molecule is CCCCCCCCN(C(=O)Cc1ccc(OC)c(N=S(=O)=O)c1)C(=S)NC. The van der Waals surface area contributed by atoms with Crippen LogP contribution in [0.1, 0.15) is 51.0 Å². The predicted molar refractivity (Wildman–Crippen MR) is 114 cm³/mol. The maximum absolute atomic E-state index is 12.8. The summed E-state index contributed by atoms with van der Waals surface area (Å²) in [4.78, 5) is 14.4. The zero-order valence-corrected chi connectivity index (χ0v) is 18.4. The molecule has 0 radical (unpaired) electrons. The Morgan fingerprint density at radius 3 is 2.50 bits per heavy atom. The highest BCUT2D eigenvalue weighted by atomic mass is 32.2. The van der Waals surface area contributed by atoms with Crippen molar-refractivity contribution in [3.63, 3.8) is 0 Å². The van der Waals surface area contributed by atoms with Crippen LogP contribution in [0.4, 0.5) is 5.69 Å². The molecule has 0 aliphatic carbocycles. The lowest BCUT2D eigenvalue weighted by atomic mass is 10.1. The van der Waals surface area contributed by atoms with E-state index < -0.39 is 10.5 Å². The molecule has 1 rings (SSSR count).